The van der Waals surface area contributed by atoms with E-state index in [-0.39, 0.29) is 5.82 Å². The first-order valence-electron chi connectivity index (χ1n) is 10.3. The monoisotopic (exact) mass is 377 g/mol. The smallest absolute Gasteiger partial charge is 0.124 e. The summed E-state index contributed by atoms with van der Waals surface area (Å²) >= 11 is 0. The zero-order chi connectivity index (χ0) is 19.3. The van der Waals surface area contributed by atoms with Crippen LogP contribution in [-0.4, -0.2) is 6.04 Å². The molecule has 1 aliphatic rings. The molecule has 0 saturated heterocycles. The lowest BCUT2D eigenvalue weighted by Crippen LogP contribution is -2.32. The van der Waals surface area contributed by atoms with Crippen LogP contribution in [0.25, 0.3) is 10.8 Å². The van der Waals surface area contributed by atoms with Crippen molar-refractivity contribution >= 4 is 10.8 Å². The zero-order valence-corrected chi connectivity index (χ0v) is 16.5. The van der Waals surface area contributed by atoms with Gasteiger partial charge in [-0.05, 0) is 66.1 Å². The summed E-state index contributed by atoms with van der Waals surface area (Å²) in [4.78, 5) is 0. The number of rotatable bonds is 6. The Morgan fingerprint density at radius 1 is 0.929 bits per heavy atom. The van der Waals surface area contributed by atoms with Gasteiger partial charge in [0, 0.05) is 18.2 Å². The van der Waals surface area contributed by atoms with E-state index in [0.717, 1.165) is 23.8 Å². The number of ether oxygens (including phenoxy) is 1. The third kappa shape index (κ3) is 4.53. The first-order chi connectivity index (χ1) is 13.7. The minimum Gasteiger partial charge on any atom is -0.489 e. The van der Waals surface area contributed by atoms with Crippen molar-refractivity contribution in [3.05, 3.63) is 77.6 Å². The summed E-state index contributed by atoms with van der Waals surface area (Å²) in [6, 6.07) is 19.7. The van der Waals surface area contributed by atoms with Gasteiger partial charge in [-0.2, -0.15) is 0 Å². The maximum Gasteiger partial charge on any atom is 0.124 e. The summed E-state index contributed by atoms with van der Waals surface area (Å²) in [5.74, 6) is 1.53. The SMILES string of the molecule is CC1CCC(NCc2c(OCc3ccc(F)cc3)ccc3ccccc23)CC1. The van der Waals surface area contributed by atoms with Crippen LogP contribution in [0.2, 0.25) is 0 Å². The molecule has 0 spiro atoms. The highest BCUT2D eigenvalue weighted by atomic mass is 19.1. The van der Waals surface area contributed by atoms with E-state index in [1.807, 2.05) is 0 Å². The van der Waals surface area contributed by atoms with Crippen LogP contribution in [0.3, 0.4) is 0 Å². The second kappa shape index (κ2) is 8.74. The van der Waals surface area contributed by atoms with E-state index in [2.05, 4.69) is 48.6 Å². The lowest BCUT2D eigenvalue weighted by molar-refractivity contribution is 0.293. The number of fused-ring (bicyclic) bond motifs is 1. The summed E-state index contributed by atoms with van der Waals surface area (Å²) < 4.78 is 19.3. The summed E-state index contributed by atoms with van der Waals surface area (Å²) in [5.41, 5.74) is 2.17. The van der Waals surface area contributed by atoms with Crippen molar-refractivity contribution in [3.63, 3.8) is 0 Å². The van der Waals surface area contributed by atoms with E-state index >= 15 is 0 Å². The first-order valence-corrected chi connectivity index (χ1v) is 10.3. The highest BCUT2D eigenvalue weighted by Crippen LogP contribution is 2.30. The van der Waals surface area contributed by atoms with E-state index in [1.54, 1.807) is 12.1 Å². The minimum absolute atomic E-state index is 0.221. The normalized spacial score (nSPS) is 19.6. The van der Waals surface area contributed by atoms with Crippen LogP contribution in [0.4, 0.5) is 4.39 Å². The zero-order valence-electron chi connectivity index (χ0n) is 16.5. The average molecular weight is 378 g/mol. The first kappa shape index (κ1) is 18.9. The maximum atomic E-state index is 13.1. The highest BCUT2D eigenvalue weighted by Gasteiger charge is 2.18. The van der Waals surface area contributed by atoms with E-state index < -0.39 is 0 Å². The Morgan fingerprint density at radius 3 is 2.46 bits per heavy atom. The van der Waals surface area contributed by atoms with Gasteiger partial charge in [-0.3, -0.25) is 0 Å². The van der Waals surface area contributed by atoms with Gasteiger partial charge in [0.05, 0.1) is 0 Å². The van der Waals surface area contributed by atoms with E-state index in [9.17, 15) is 4.39 Å². The molecule has 0 unspecified atom stereocenters. The van der Waals surface area contributed by atoms with Gasteiger partial charge in [-0.1, -0.05) is 49.4 Å². The van der Waals surface area contributed by atoms with Crippen LogP contribution < -0.4 is 10.1 Å². The van der Waals surface area contributed by atoms with Crippen molar-refractivity contribution in [1.82, 2.24) is 5.32 Å². The molecular formula is C25H28FNO. The third-order valence-electron chi connectivity index (χ3n) is 5.89. The lowest BCUT2D eigenvalue weighted by atomic mass is 9.87. The molecule has 0 atom stereocenters. The van der Waals surface area contributed by atoms with Crippen LogP contribution in [0.5, 0.6) is 5.75 Å². The molecule has 0 heterocycles. The molecule has 0 aliphatic heterocycles. The summed E-state index contributed by atoms with van der Waals surface area (Å²) in [5, 5.41) is 6.23. The molecule has 1 N–H and O–H groups in total. The molecule has 3 aromatic rings. The molecule has 3 heteroatoms. The van der Waals surface area contributed by atoms with Gasteiger partial charge in [-0.25, -0.2) is 4.39 Å². The molecule has 2 nitrogen and oxygen atoms in total. The maximum absolute atomic E-state index is 13.1. The fourth-order valence-corrected chi connectivity index (χ4v) is 4.09. The number of hydrogen-bond acceptors (Lipinski definition) is 2. The molecule has 1 aliphatic carbocycles. The van der Waals surface area contributed by atoms with Crippen molar-refractivity contribution in [2.75, 3.05) is 0 Å². The van der Waals surface area contributed by atoms with Gasteiger partial charge in [0.25, 0.3) is 0 Å². The molecular weight excluding hydrogens is 349 g/mol. The van der Waals surface area contributed by atoms with Crippen molar-refractivity contribution < 1.29 is 9.13 Å². The average Bonchev–Trinajstić information content (AvgIpc) is 2.73. The Hall–Kier alpha value is -2.39. The Kier molecular flexibility index (Phi) is 5.92. The molecule has 0 aromatic heterocycles. The van der Waals surface area contributed by atoms with Gasteiger partial charge < -0.3 is 10.1 Å². The molecule has 0 bridgehead atoms. The van der Waals surface area contributed by atoms with Crippen molar-refractivity contribution in [1.29, 1.82) is 0 Å². The standard InChI is InChI=1S/C25H28FNO/c1-18-6-13-22(14-7-18)27-16-24-23-5-3-2-4-20(23)10-15-25(24)28-17-19-8-11-21(26)12-9-19/h2-5,8-12,15,18,22,27H,6-7,13-14,16-17H2,1H3. The summed E-state index contributed by atoms with van der Waals surface area (Å²) in [7, 11) is 0. The van der Waals surface area contributed by atoms with Gasteiger partial charge in [0.15, 0.2) is 0 Å². The van der Waals surface area contributed by atoms with Crippen LogP contribution in [0.1, 0.15) is 43.7 Å². The molecule has 1 saturated carbocycles. The van der Waals surface area contributed by atoms with Gasteiger partial charge in [-0.15, -0.1) is 0 Å². The number of nitrogens with one attached hydrogen (secondary N) is 1. The predicted molar refractivity (Wildman–Crippen MR) is 113 cm³/mol. The quantitative estimate of drug-likeness (QED) is 0.550. The Morgan fingerprint density at radius 2 is 1.68 bits per heavy atom. The van der Waals surface area contributed by atoms with Crippen molar-refractivity contribution in [2.24, 2.45) is 5.92 Å². The van der Waals surface area contributed by atoms with Crippen molar-refractivity contribution in [3.8, 4) is 5.75 Å². The second-order valence-electron chi connectivity index (χ2n) is 8.02. The molecule has 4 rings (SSSR count). The van der Waals surface area contributed by atoms with Gasteiger partial charge >= 0.3 is 0 Å². The largest absolute Gasteiger partial charge is 0.489 e. The number of halogens is 1. The van der Waals surface area contributed by atoms with Crippen LogP contribution in [0.15, 0.2) is 60.7 Å². The van der Waals surface area contributed by atoms with E-state index in [4.69, 9.17) is 4.74 Å². The van der Waals surface area contributed by atoms with Gasteiger partial charge in [0.1, 0.15) is 18.2 Å². The third-order valence-corrected chi connectivity index (χ3v) is 5.89. The second-order valence-corrected chi connectivity index (χ2v) is 8.02. The fraction of sp³-hybridized carbons (Fsp3) is 0.360. The van der Waals surface area contributed by atoms with Gasteiger partial charge in [0.2, 0.25) is 0 Å². The Labute approximate surface area is 166 Å². The Bertz CT molecular complexity index is 913. The highest BCUT2D eigenvalue weighted by molar-refractivity contribution is 5.87. The molecule has 146 valence electrons. The topological polar surface area (TPSA) is 21.3 Å². The molecule has 3 aromatic carbocycles. The molecule has 28 heavy (non-hydrogen) atoms. The van der Waals surface area contributed by atoms with Crippen LogP contribution >= 0.6 is 0 Å². The predicted octanol–water partition coefficient (Wildman–Crippen LogP) is 6.23. The van der Waals surface area contributed by atoms with E-state index in [0.29, 0.717) is 12.6 Å². The molecule has 1 fully saturated rings. The molecule has 0 amide bonds. The molecule has 0 radical (unpaired) electrons. The minimum atomic E-state index is -0.221. The summed E-state index contributed by atoms with van der Waals surface area (Å²) in [6.45, 7) is 3.59. The van der Waals surface area contributed by atoms with E-state index in [1.165, 1.54) is 54.2 Å². The Balaban J connectivity index is 1.53. The van der Waals surface area contributed by atoms with Crippen LogP contribution in [0, 0.1) is 11.7 Å². The summed E-state index contributed by atoms with van der Waals surface area (Å²) in [6.07, 6.45) is 5.11. The lowest BCUT2D eigenvalue weighted by Gasteiger charge is -2.27. The fourth-order valence-electron chi connectivity index (χ4n) is 4.09. The van der Waals surface area contributed by atoms with Crippen molar-refractivity contribution in [2.45, 2.75) is 51.8 Å². The number of hydrogen-bond donors (Lipinski definition) is 1. The van der Waals surface area contributed by atoms with Crippen LogP contribution in [-0.2, 0) is 13.2 Å². The number of benzene rings is 3.